The molecular formula is C25H25F3N2O4. The molecular weight excluding hydrogens is 449 g/mol. The van der Waals surface area contributed by atoms with Crippen molar-refractivity contribution in [2.45, 2.75) is 25.9 Å². The number of hydrogen-bond donors (Lipinski definition) is 2. The summed E-state index contributed by atoms with van der Waals surface area (Å²) in [5, 5.41) is 12.3. The lowest BCUT2D eigenvalue weighted by molar-refractivity contribution is -0.117. The van der Waals surface area contributed by atoms with Crippen LogP contribution in [-0.4, -0.2) is 42.2 Å². The van der Waals surface area contributed by atoms with Crippen LogP contribution in [0.5, 0.6) is 5.88 Å². The van der Waals surface area contributed by atoms with Crippen LogP contribution in [0.15, 0.2) is 60.8 Å². The molecule has 6 nitrogen and oxygen atoms in total. The van der Waals surface area contributed by atoms with Gasteiger partial charge in [0, 0.05) is 23.5 Å². The Labute approximate surface area is 195 Å². The molecule has 3 aromatic rings. The zero-order valence-electron chi connectivity index (χ0n) is 18.3. The van der Waals surface area contributed by atoms with Gasteiger partial charge in [-0.25, -0.2) is 18.2 Å². The molecule has 0 unspecified atom stereocenters. The van der Waals surface area contributed by atoms with Gasteiger partial charge in [0.15, 0.2) is 6.61 Å². The Kier molecular flexibility index (Phi) is 9.42. The third-order valence-electron chi connectivity index (χ3n) is 4.89. The summed E-state index contributed by atoms with van der Waals surface area (Å²) in [6, 6.07) is 14.6. The summed E-state index contributed by atoms with van der Waals surface area (Å²) in [7, 11) is 0. The average molecular weight is 474 g/mol. The number of aliphatic hydroxyl groups is 1. The number of nitrogens with zero attached hydrogens (tertiary/aromatic N) is 1. The van der Waals surface area contributed by atoms with Crippen molar-refractivity contribution in [1.82, 2.24) is 4.98 Å². The van der Waals surface area contributed by atoms with Crippen LogP contribution in [0.25, 0.3) is 11.1 Å². The maximum atomic E-state index is 12.9. The Hall–Kier alpha value is -3.43. The molecule has 1 amide bonds. The Morgan fingerprint density at radius 1 is 1.06 bits per heavy atom. The van der Waals surface area contributed by atoms with Crippen molar-refractivity contribution in [2.75, 3.05) is 25.1 Å². The number of hydrogen-bond acceptors (Lipinski definition) is 5. The maximum Gasteiger partial charge on any atom is 0.272 e. The van der Waals surface area contributed by atoms with E-state index in [-0.39, 0.29) is 37.2 Å². The molecule has 0 atom stereocenters. The molecule has 1 heterocycles. The number of carbonyl (C=O) groups excluding carboxylic acids is 1. The molecule has 0 saturated carbocycles. The van der Waals surface area contributed by atoms with Crippen molar-refractivity contribution in [3.8, 4) is 17.0 Å². The topological polar surface area (TPSA) is 80.7 Å². The fourth-order valence-electron chi connectivity index (χ4n) is 3.16. The molecule has 2 N–H and O–H groups in total. The number of nitrogens with one attached hydrogen (secondary N) is 1. The lowest BCUT2D eigenvalue weighted by Gasteiger charge is -2.11. The van der Waals surface area contributed by atoms with Crippen LogP contribution in [0.3, 0.4) is 0 Å². The molecule has 34 heavy (non-hydrogen) atoms. The van der Waals surface area contributed by atoms with E-state index in [1.807, 2.05) is 24.3 Å². The van der Waals surface area contributed by atoms with E-state index in [4.69, 9.17) is 9.47 Å². The van der Waals surface area contributed by atoms with Crippen molar-refractivity contribution < 1.29 is 32.5 Å². The first-order valence-electron chi connectivity index (χ1n) is 10.7. The largest absolute Gasteiger partial charge is 0.472 e. The molecule has 2 aromatic carbocycles. The molecule has 0 fully saturated rings. The lowest BCUT2D eigenvalue weighted by atomic mass is 10.0. The number of aliphatic hydroxyl groups excluding tert-OH is 1. The number of anilines is 1. The third-order valence-corrected chi connectivity index (χ3v) is 4.89. The minimum absolute atomic E-state index is 0.0354. The fourth-order valence-corrected chi connectivity index (χ4v) is 3.16. The van der Waals surface area contributed by atoms with E-state index in [9.17, 15) is 23.1 Å². The van der Waals surface area contributed by atoms with Crippen molar-refractivity contribution in [3.05, 3.63) is 77.7 Å². The molecule has 0 aliphatic heterocycles. The van der Waals surface area contributed by atoms with Crippen LogP contribution in [-0.2, 0) is 22.6 Å². The average Bonchev–Trinajstić information content (AvgIpc) is 2.84. The summed E-state index contributed by atoms with van der Waals surface area (Å²) in [5.41, 5.74) is 3.58. The first-order valence-corrected chi connectivity index (χ1v) is 10.7. The molecule has 0 aliphatic carbocycles. The zero-order chi connectivity index (χ0) is 24.3. The van der Waals surface area contributed by atoms with Crippen molar-refractivity contribution in [3.63, 3.8) is 0 Å². The molecule has 0 radical (unpaired) electrons. The highest BCUT2D eigenvalue weighted by atomic mass is 19.3. The smallest absolute Gasteiger partial charge is 0.272 e. The van der Waals surface area contributed by atoms with Gasteiger partial charge in [-0.15, -0.1) is 0 Å². The summed E-state index contributed by atoms with van der Waals surface area (Å²) in [5.74, 6) is -0.543. The van der Waals surface area contributed by atoms with Crippen LogP contribution in [0.2, 0.25) is 0 Å². The van der Waals surface area contributed by atoms with E-state index >= 15 is 0 Å². The summed E-state index contributed by atoms with van der Waals surface area (Å²) >= 11 is 0. The second-order valence-corrected chi connectivity index (χ2v) is 7.40. The number of ether oxygens (including phenoxy) is 2. The van der Waals surface area contributed by atoms with Gasteiger partial charge >= 0.3 is 0 Å². The van der Waals surface area contributed by atoms with E-state index in [1.54, 1.807) is 0 Å². The van der Waals surface area contributed by atoms with Gasteiger partial charge < -0.3 is 19.9 Å². The predicted octanol–water partition coefficient (Wildman–Crippen LogP) is 4.61. The highest BCUT2D eigenvalue weighted by Crippen LogP contribution is 2.26. The van der Waals surface area contributed by atoms with Crippen LogP contribution in [0.1, 0.15) is 17.5 Å². The van der Waals surface area contributed by atoms with Crippen LogP contribution >= 0.6 is 0 Å². The van der Waals surface area contributed by atoms with Gasteiger partial charge in [0.05, 0.1) is 26.2 Å². The predicted molar refractivity (Wildman–Crippen MR) is 121 cm³/mol. The first kappa shape index (κ1) is 25.2. The van der Waals surface area contributed by atoms with Crippen LogP contribution < -0.4 is 10.1 Å². The molecule has 0 saturated heterocycles. The van der Waals surface area contributed by atoms with E-state index in [2.05, 4.69) is 10.3 Å². The maximum absolute atomic E-state index is 12.9. The van der Waals surface area contributed by atoms with E-state index < -0.39 is 13.0 Å². The van der Waals surface area contributed by atoms with E-state index in [0.717, 1.165) is 11.1 Å². The number of aromatic nitrogens is 1. The molecule has 3 rings (SSSR count). The Morgan fingerprint density at radius 2 is 1.79 bits per heavy atom. The minimum Gasteiger partial charge on any atom is -0.472 e. The van der Waals surface area contributed by atoms with Gasteiger partial charge in [-0.2, -0.15) is 0 Å². The number of carbonyl (C=O) groups is 1. The fraction of sp³-hybridized carbons (Fsp3) is 0.280. The molecule has 0 aliphatic rings. The van der Waals surface area contributed by atoms with Gasteiger partial charge in [0.25, 0.3) is 6.43 Å². The summed E-state index contributed by atoms with van der Waals surface area (Å²) in [6.45, 7) is -0.348. The minimum atomic E-state index is -2.60. The zero-order valence-corrected chi connectivity index (χ0v) is 18.3. The number of rotatable bonds is 12. The van der Waals surface area contributed by atoms with Crippen molar-refractivity contribution in [1.29, 1.82) is 0 Å². The van der Waals surface area contributed by atoms with Gasteiger partial charge in [0.1, 0.15) is 5.82 Å². The van der Waals surface area contributed by atoms with Gasteiger partial charge in [-0.05, 0) is 47.4 Å². The summed E-state index contributed by atoms with van der Waals surface area (Å²) in [4.78, 5) is 15.9. The lowest BCUT2D eigenvalue weighted by Crippen LogP contribution is -2.14. The van der Waals surface area contributed by atoms with Gasteiger partial charge in [-0.1, -0.05) is 24.3 Å². The number of alkyl halides is 2. The standard InChI is InChI=1S/C25H25F3N2O4/c26-20-5-7-21(8-6-20)30-24(32)10-12-33-11-9-17-1-3-18(4-2-17)22-14-29-25(13-19(22)15-31)34-16-23(27)28/h1-8,13-14,23,31H,9-12,15-16H2,(H,30,32). The summed E-state index contributed by atoms with van der Waals surface area (Å²) in [6.07, 6.45) is -0.286. The molecule has 9 heteroatoms. The monoisotopic (exact) mass is 474 g/mol. The van der Waals surface area contributed by atoms with Gasteiger partial charge in [0.2, 0.25) is 11.8 Å². The van der Waals surface area contributed by atoms with Crippen LogP contribution in [0, 0.1) is 5.82 Å². The Balaban J connectivity index is 1.44. The Bertz CT molecular complexity index is 1060. The number of amides is 1. The van der Waals surface area contributed by atoms with Crippen molar-refractivity contribution >= 4 is 11.6 Å². The molecule has 1 aromatic heterocycles. The number of benzene rings is 2. The molecule has 180 valence electrons. The van der Waals surface area contributed by atoms with Crippen LogP contribution in [0.4, 0.5) is 18.9 Å². The van der Waals surface area contributed by atoms with Crippen molar-refractivity contribution in [2.24, 2.45) is 0 Å². The second kappa shape index (κ2) is 12.7. The number of pyridine rings is 1. The quantitative estimate of drug-likeness (QED) is 0.375. The van der Waals surface area contributed by atoms with E-state index in [0.29, 0.717) is 29.8 Å². The normalized spacial score (nSPS) is 11.0. The first-order chi connectivity index (χ1) is 16.4. The molecule has 0 spiro atoms. The third kappa shape index (κ3) is 7.86. The van der Waals surface area contributed by atoms with E-state index in [1.165, 1.54) is 36.5 Å². The Morgan fingerprint density at radius 3 is 2.47 bits per heavy atom. The number of halogens is 3. The highest BCUT2D eigenvalue weighted by Gasteiger charge is 2.10. The van der Waals surface area contributed by atoms with Gasteiger partial charge in [-0.3, -0.25) is 4.79 Å². The second-order valence-electron chi connectivity index (χ2n) is 7.40. The summed E-state index contributed by atoms with van der Waals surface area (Å²) < 4.78 is 47.9. The highest BCUT2D eigenvalue weighted by molar-refractivity contribution is 5.90. The molecule has 0 bridgehead atoms. The SMILES string of the molecule is O=C(CCOCCc1ccc(-c2cnc(OCC(F)F)cc2CO)cc1)Nc1ccc(F)cc1.